The SMILES string of the molecule is C#CCBr.C#CCOc1cccc(C(=O)OC)c1.CC(=O)O.COC(=O)c1cccc(O)c1.COC(=O)c1cccc2c1C=CCO2.O=C(O)c1cccc2c1C=CCO2.O=C(O)c1cccc2c1CCCO2.O=C(O)c1cccc2c1OCCC2.O=C1CCOc2ccccc21.O=C=O.O=CO[O-].[CH2-]CCC.[H-].[HH].[K+].[K+].[Li+].[Na+].[OH-].[Zn].c1ccc2c(c1)CCCO2. The van der Waals surface area contributed by atoms with Gasteiger partial charge in [0.1, 0.15) is 71.4 Å². The average Bonchev–Trinajstić information content (AvgIpc) is 0.829. The largest absolute Gasteiger partial charge is 1.00 e. The third-order valence-corrected chi connectivity index (χ3v) is 15.6. The maximum Gasteiger partial charge on any atom is 1.00 e. The molecule has 6 N–H and O–H groups in total. The Bertz CT molecular complexity index is 4650. The molecular weight excluding hydrogens is 1790 g/mol. The van der Waals surface area contributed by atoms with E-state index in [0.29, 0.717) is 89.9 Å². The number of carbonyl (C=O) groups excluding carboxylic acids is 7. The number of phenols is 1. The molecule has 0 fully saturated rings. The number of halogens is 1. The van der Waals surface area contributed by atoms with E-state index in [-0.39, 0.29) is 227 Å². The fourth-order valence-electron chi connectivity index (χ4n) is 10.1. The molecule has 29 nitrogen and oxygen atoms in total. The first-order valence-electron chi connectivity index (χ1n) is 35.8. The fourth-order valence-corrected chi connectivity index (χ4v) is 10.1. The molecule has 8 aromatic rings. The molecule has 0 radical (unpaired) electrons. The van der Waals surface area contributed by atoms with E-state index in [9.17, 15) is 33.6 Å². The minimum Gasteiger partial charge on any atom is -1.00 e. The Morgan fingerprint density at radius 1 is 0.565 bits per heavy atom. The molecule has 0 saturated carbocycles. The molecule has 0 saturated heterocycles. The van der Waals surface area contributed by atoms with E-state index in [1.807, 2.05) is 60.7 Å². The zero-order valence-corrected chi connectivity index (χ0v) is 83.4. The van der Waals surface area contributed by atoms with Gasteiger partial charge in [-0.25, -0.2) is 28.8 Å². The van der Waals surface area contributed by atoms with Crippen molar-refractivity contribution in [2.24, 2.45) is 0 Å². The van der Waals surface area contributed by atoms with Crippen molar-refractivity contribution in [3.8, 4) is 70.7 Å². The van der Waals surface area contributed by atoms with Gasteiger partial charge in [-0.2, -0.15) is 16.0 Å². The van der Waals surface area contributed by atoms with Crippen LogP contribution < -0.4 is 190 Å². The molecule has 0 atom stereocenters. The molecule has 0 unspecified atom stereocenters. The number of carboxylic acid groups (broad SMARTS) is 4. The van der Waals surface area contributed by atoms with Gasteiger partial charge in [0.15, 0.2) is 5.78 Å². The minimum absolute atomic E-state index is 0. The summed E-state index contributed by atoms with van der Waals surface area (Å²) in [6, 6.07) is 49.1. The number of hydrogen-bond donors (Lipinski definition) is 5. The number of unbranched alkanes of at least 4 members (excludes halogenated alkanes) is 1. The van der Waals surface area contributed by atoms with Crippen LogP contribution in [0, 0.1) is 31.6 Å². The van der Waals surface area contributed by atoms with Crippen molar-refractivity contribution in [1.82, 2.24) is 0 Å². The molecule has 6 aliphatic heterocycles. The number of esters is 3. The Kier molecular flexibility index (Phi) is 75.7. The number of fused-ring (bicyclic) bond motifs is 6. The Hall–Kier alpha value is -8.54. The number of aryl methyl sites for hydroxylation is 2. The third kappa shape index (κ3) is 48.8. The second-order valence-corrected chi connectivity index (χ2v) is 23.9. The van der Waals surface area contributed by atoms with Crippen molar-refractivity contribution in [3.63, 3.8) is 0 Å². The monoisotopic (exact) mass is 1880 g/mol. The summed E-state index contributed by atoms with van der Waals surface area (Å²) in [6.45, 7) is 10.6. The van der Waals surface area contributed by atoms with E-state index < -0.39 is 35.8 Å². The summed E-state index contributed by atoms with van der Waals surface area (Å²) in [7, 11) is 4.00. The number of Topliss-reactive ketones (excluding diaryl/α,β-unsaturated/α-hetero) is 1. The molecule has 0 aromatic heterocycles. The summed E-state index contributed by atoms with van der Waals surface area (Å²) in [4.78, 5) is 113. The van der Waals surface area contributed by atoms with Gasteiger partial charge in [-0.1, -0.05) is 126 Å². The van der Waals surface area contributed by atoms with Gasteiger partial charge in [-0.15, -0.1) is 12.8 Å². The van der Waals surface area contributed by atoms with Crippen LogP contribution in [-0.4, -0.2) is 164 Å². The van der Waals surface area contributed by atoms with Crippen LogP contribution in [0.25, 0.3) is 12.2 Å². The van der Waals surface area contributed by atoms with Crippen molar-refractivity contribution >= 4 is 88.3 Å². The second kappa shape index (κ2) is 75.8. The van der Waals surface area contributed by atoms with Crippen LogP contribution in [0.5, 0.6) is 46.0 Å². The van der Waals surface area contributed by atoms with E-state index >= 15 is 0 Å². The number of benzene rings is 8. The van der Waals surface area contributed by atoms with Crippen LogP contribution in [-0.2, 0) is 77.0 Å². The molecule has 35 heteroatoms. The number of ketones is 1. The zero-order valence-electron chi connectivity index (χ0n) is 71.6. The number of aromatic hydroxyl groups is 1. The molecule has 0 aliphatic carbocycles. The number of carboxylic acids is 4. The maximum absolute atomic E-state index is 11.4. The molecule has 124 heavy (non-hydrogen) atoms. The number of carbonyl (C=O) groups is 9. The number of terminal acetylenes is 2. The summed E-state index contributed by atoms with van der Waals surface area (Å²) >= 11 is 3.01. The number of ether oxygens (including phenoxy) is 10. The predicted molar refractivity (Wildman–Crippen MR) is 441 cm³/mol. The molecular formula is C89H95BrK2LiNaO29Zn. The van der Waals surface area contributed by atoms with E-state index in [0.717, 1.165) is 97.3 Å². The minimum atomic E-state index is -0.924. The average molecular weight is 1880 g/mol. The summed E-state index contributed by atoms with van der Waals surface area (Å²) < 4.78 is 50.8. The number of hydrogen-bond acceptors (Lipinski definition) is 25. The molecule has 6 heterocycles. The number of para-hydroxylation sites is 3. The van der Waals surface area contributed by atoms with E-state index in [1.54, 1.807) is 109 Å². The predicted octanol–water partition coefficient (Wildman–Crippen LogP) is 2.19. The van der Waals surface area contributed by atoms with Gasteiger partial charge in [-0.05, 0) is 159 Å². The van der Waals surface area contributed by atoms with Crippen LogP contribution in [0.4, 0.5) is 0 Å². The number of methoxy groups -OCH3 is 3. The first-order chi connectivity index (χ1) is 56.9. The summed E-state index contributed by atoms with van der Waals surface area (Å²) in [6.07, 6.45) is 26.1. The van der Waals surface area contributed by atoms with E-state index in [2.05, 4.69) is 72.8 Å². The molecule has 638 valence electrons. The van der Waals surface area contributed by atoms with Gasteiger partial charge in [-0.3, -0.25) is 14.4 Å². The molecule has 8 aromatic carbocycles. The topological polar surface area (TPSA) is 444 Å². The third-order valence-electron chi connectivity index (χ3n) is 15.3. The van der Waals surface area contributed by atoms with Crippen LogP contribution >= 0.6 is 15.9 Å². The van der Waals surface area contributed by atoms with Crippen molar-refractivity contribution in [2.75, 3.05) is 72.9 Å². The van der Waals surface area contributed by atoms with Crippen molar-refractivity contribution < 1.29 is 315 Å². The molecule has 0 bridgehead atoms. The maximum atomic E-state index is 11.4. The van der Waals surface area contributed by atoms with Gasteiger partial charge in [0.2, 0.25) is 0 Å². The number of aliphatic carboxylic acids is 1. The first kappa shape index (κ1) is 124. The molecule has 0 amide bonds. The fraction of sp³-hybridized carbons (Fsp3) is 0.247. The van der Waals surface area contributed by atoms with Gasteiger partial charge >= 0.3 is 193 Å². The van der Waals surface area contributed by atoms with Crippen LogP contribution in [0.3, 0.4) is 0 Å². The van der Waals surface area contributed by atoms with Crippen molar-refractivity contribution in [1.29, 1.82) is 0 Å². The van der Waals surface area contributed by atoms with Gasteiger partial charge in [0.05, 0.1) is 86.5 Å². The summed E-state index contributed by atoms with van der Waals surface area (Å²) in [5.74, 6) is 5.24. The Balaban J connectivity index is -0.000000248. The van der Waals surface area contributed by atoms with Gasteiger partial charge in [0.25, 0.3) is 12.4 Å². The van der Waals surface area contributed by atoms with E-state index in [4.69, 9.17) is 96.0 Å². The number of alkyl halides is 1. The number of rotatable bonds is 10. The Morgan fingerprint density at radius 3 is 1.47 bits per heavy atom. The Labute approximate surface area is 863 Å². The quantitative estimate of drug-likeness (QED) is 0.0151. The molecule has 14 rings (SSSR count). The van der Waals surface area contributed by atoms with Crippen LogP contribution in [0.1, 0.15) is 156 Å². The second-order valence-electron chi connectivity index (χ2n) is 23.4. The normalized spacial score (nSPS) is 11.2. The number of aromatic carboxylic acids is 3. The Morgan fingerprint density at radius 2 is 0.976 bits per heavy atom. The van der Waals surface area contributed by atoms with Crippen molar-refractivity contribution in [3.05, 3.63) is 256 Å². The van der Waals surface area contributed by atoms with Crippen molar-refractivity contribution in [2.45, 2.75) is 71.6 Å². The van der Waals surface area contributed by atoms with E-state index in [1.165, 1.54) is 51.9 Å². The summed E-state index contributed by atoms with van der Waals surface area (Å²) in [5.41, 5.74) is 7.64. The summed E-state index contributed by atoms with van der Waals surface area (Å²) in [5, 5.41) is 52.1. The van der Waals surface area contributed by atoms with Gasteiger partial charge in [0, 0.05) is 50.9 Å². The van der Waals surface area contributed by atoms with Crippen LogP contribution in [0.2, 0.25) is 0 Å². The first-order valence-corrected chi connectivity index (χ1v) is 37.0. The number of phenolic OH excluding ortho intramolecular Hbond substituents is 1. The smallest absolute Gasteiger partial charge is 1.00 e. The van der Waals surface area contributed by atoms with Crippen LogP contribution in [0.15, 0.2) is 182 Å². The standard InChI is InChI=1S/2C11H10O3.C10H10O3.C10H8O3.C10H10O3.C9H8O2.C9H10O.C8H8O3.C4H9.C3H3Br.C2H4O2.CH2O3.CO2.2K.Li.Na.H2O.Zn.H2.H/c1-13-11(12)9-4-2-6-10-8(9)5-3-7-14-10;1-3-7-14-10-6-4-5-9(8-10)11(12)13-2;2*11-10(12)8-3-1-5-9-7(8)4-2-6-13-9;11-10(12)8-5-1-3-7-4-2-6-13-9(7)8;10-8-5-6-11-9-4-2-1-3-7(8)9;1-2-6-9-8(4-1)5-3-7-10-9;1-11-8(10)6-3-2-4-7(9)5-6;1-3-4-2;1-2-3-4;1-2(3)4;2-1-4-3;2-1-3;;;;;;;;/h2-6H,7H2,1H3;1,4-6,8H,7H2,2H3;1,3,5H,2,4,6H2,(H,11,12);1-5H,6H2,(H,11,12);1,3,5H,2,4,6H2,(H,11,12);1-4H,5-6H2;1-2,4,6H,3,5,7H2;2-5,9H,1H3;1,3-4H2,2H3;1H,3H2;1H3,(H,3,4);1,3H;;;;;;1H2;;1H;/q;;;;;;;;-1;;;;;4*+1;;;;-1/p-2. The zero-order chi connectivity index (χ0) is 87.4. The molecule has 6 aliphatic rings. The molecule has 0 spiro atoms. The van der Waals surface area contributed by atoms with Gasteiger partial charge < -0.3 is 96.9 Å².